The summed E-state index contributed by atoms with van der Waals surface area (Å²) < 4.78 is 0. The van der Waals surface area contributed by atoms with Crippen molar-refractivity contribution >= 4 is 6.03 Å². The van der Waals surface area contributed by atoms with Crippen molar-refractivity contribution in [2.45, 2.75) is 64.3 Å². The lowest BCUT2D eigenvalue weighted by atomic mass is 10.0. The Morgan fingerprint density at radius 1 is 1.05 bits per heavy atom. The molecule has 2 aliphatic rings. The van der Waals surface area contributed by atoms with Crippen molar-refractivity contribution in [3.63, 3.8) is 0 Å². The lowest BCUT2D eigenvalue weighted by Gasteiger charge is -2.31. The summed E-state index contributed by atoms with van der Waals surface area (Å²) in [6.45, 7) is 5.72. The first-order chi connectivity index (χ1) is 9.75. The largest absolute Gasteiger partial charge is 0.337 e. The Morgan fingerprint density at radius 2 is 1.80 bits per heavy atom. The first kappa shape index (κ1) is 15.6. The zero-order chi connectivity index (χ0) is 14.2. The van der Waals surface area contributed by atoms with Gasteiger partial charge in [0.05, 0.1) is 0 Å². The second kappa shape index (κ2) is 8.50. The molecule has 1 aliphatic heterocycles. The van der Waals surface area contributed by atoms with Crippen molar-refractivity contribution in [1.82, 2.24) is 15.5 Å². The van der Waals surface area contributed by atoms with E-state index in [1.165, 1.54) is 44.9 Å². The minimum absolute atomic E-state index is 0.124. The highest BCUT2D eigenvalue weighted by Crippen LogP contribution is 2.17. The molecule has 0 radical (unpaired) electrons. The molecule has 2 rings (SSSR count). The van der Waals surface area contributed by atoms with Crippen LogP contribution >= 0.6 is 0 Å². The molecule has 2 amide bonds. The van der Waals surface area contributed by atoms with Crippen LogP contribution in [0.5, 0.6) is 0 Å². The first-order valence-electron chi connectivity index (χ1n) is 8.52. The van der Waals surface area contributed by atoms with Gasteiger partial charge in [-0.3, -0.25) is 0 Å². The molecule has 1 heterocycles. The molecule has 1 saturated carbocycles. The van der Waals surface area contributed by atoms with Crippen molar-refractivity contribution < 1.29 is 4.79 Å². The third-order valence-corrected chi connectivity index (χ3v) is 4.63. The van der Waals surface area contributed by atoms with Crippen molar-refractivity contribution in [2.24, 2.45) is 5.92 Å². The van der Waals surface area contributed by atoms with Gasteiger partial charge in [-0.25, -0.2) is 4.79 Å². The number of rotatable bonds is 4. The molecule has 0 aromatic carbocycles. The summed E-state index contributed by atoms with van der Waals surface area (Å²) in [5.41, 5.74) is 0. The first-order valence-corrected chi connectivity index (χ1v) is 8.52. The van der Waals surface area contributed by atoms with E-state index < -0.39 is 0 Å². The van der Waals surface area contributed by atoms with Crippen molar-refractivity contribution in [1.29, 1.82) is 0 Å². The lowest BCUT2D eigenvalue weighted by molar-refractivity contribution is 0.170. The van der Waals surface area contributed by atoms with E-state index in [4.69, 9.17) is 0 Å². The van der Waals surface area contributed by atoms with Crippen LogP contribution in [-0.4, -0.2) is 43.2 Å². The summed E-state index contributed by atoms with van der Waals surface area (Å²) in [4.78, 5) is 14.0. The Labute approximate surface area is 123 Å². The van der Waals surface area contributed by atoms with Crippen molar-refractivity contribution in [3.8, 4) is 0 Å². The van der Waals surface area contributed by atoms with Crippen LogP contribution < -0.4 is 10.6 Å². The molecule has 1 unspecified atom stereocenters. The molecule has 0 aromatic rings. The van der Waals surface area contributed by atoms with Gasteiger partial charge in [-0.05, 0) is 31.6 Å². The van der Waals surface area contributed by atoms with Gasteiger partial charge in [0.15, 0.2) is 0 Å². The topological polar surface area (TPSA) is 44.4 Å². The molecule has 0 aromatic heterocycles. The van der Waals surface area contributed by atoms with Gasteiger partial charge >= 0.3 is 6.03 Å². The molecule has 0 bridgehead atoms. The van der Waals surface area contributed by atoms with Gasteiger partial charge < -0.3 is 15.5 Å². The van der Waals surface area contributed by atoms with Crippen LogP contribution in [0.1, 0.15) is 58.3 Å². The number of carbonyl (C=O) groups excluding carboxylic acids is 1. The minimum atomic E-state index is 0.124. The highest BCUT2D eigenvalue weighted by molar-refractivity contribution is 5.74. The molecule has 0 spiro atoms. The van der Waals surface area contributed by atoms with E-state index in [2.05, 4.69) is 17.6 Å². The molecule has 2 N–H and O–H groups in total. The maximum atomic E-state index is 12.0. The molecule has 1 saturated heterocycles. The molecule has 1 aliphatic carbocycles. The number of piperidine rings is 1. The summed E-state index contributed by atoms with van der Waals surface area (Å²) in [7, 11) is 0. The average Bonchev–Trinajstić information content (AvgIpc) is 2.72. The zero-order valence-corrected chi connectivity index (χ0v) is 13.0. The molecule has 116 valence electrons. The van der Waals surface area contributed by atoms with Crippen LogP contribution in [0.4, 0.5) is 4.79 Å². The van der Waals surface area contributed by atoms with Crippen LogP contribution in [-0.2, 0) is 0 Å². The van der Waals surface area contributed by atoms with E-state index in [-0.39, 0.29) is 6.03 Å². The fourth-order valence-electron chi connectivity index (χ4n) is 3.41. The SMILES string of the molecule is CC1CCCN(C(=O)NCCNC2CCCCCC2)C1. The van der Waals surface area contributed by atoms with Crippen LogP contribution in [0.2, 0.25) is 0 Å². The van der Waals surface area contributed by atoms with Crippen LogP contribution in [0, 0.1) is 5.92 Å². The lowest BCUT2D eigenvalue weighted by Crippen LogP contribution is -2.47. The van der Waals surface area contributed by atoms with Crippen molar-refractivity contribution in [2.75, 3.05) is 26.2 Å². The van der Waals surface area contributed by atoms with Gasteiger partial charge in [-0.2, -0.15) is 0 Å². The fraction of sp³-hybridized carbons (Fsp3) is 0.938. The summed E-state index contributed by atoms with van der Waals surface area (Å²) in [6, 6.07) is 0.795. The van der Waals surface area contributed by atoms with Gasteiger partial charge in [-0.15, -0.1) is 0 Å². The van der Waals surface area contributed by atoms with Gasteiger partial charge in [0.1, 0.15) is 0 Å². The fourth-order valence-corrected chi connectivity index (χ4v) is 3.41. The van der Waals surface area contributed by atoms with Gasteiger partial charge in [-0.1, -0.05) is 32.6 Å². The van der Waals surface area contributed by atoms with Crippen LogP contribution in [0.3, 0.4) is 0 Å². The maximum absolute atomic E-state index is 12.0. The van der Waals surface area contributed by atoms with Crippen LogP contribution in [0.25, 0.3) is 0 Å². The number of nitrogens with one attached hydrogen (secondary N) is 2. The van der Waals surface area contributed by atoms with Crippen LogP contribution in [0.15, 0.2) is 0 Å². The second-order valence-electron chi connectivity index (χ2n) is 6.57. The van der Waals surface area contributed by atoms with Crippen molar-refractivity contribution in [3.05, 3.63) is 0 Å². The number of urea groups is 1. The number of nitrogens with zero attached hydrogens (tertiary/aromatic N) is 1. The predicted molar refractivity (Wildman–Crippen MR) is 82.9 cm³/mol. The summed E-state index contributed by atoms with van der Waals surface area (Å²) >= 11 is 0. The molecule has 4 heteroatoms. The second-order valence-corrected chi connectivity index (χ2v) is 6.57. The normalized spacial score (nSPS) is 25.2. The van der Waals surface area contributed by atoms with E-state index in [0.717, 1.165) is 32.6 Å². The number of hydrogen-bond acceptors (Lipinski definition) is 2. The van der Waals surface area contributed by atoms with Gasteiger partial charge in [0, 0.05) is 32.2 Å². The number of carbonyl (C=O) groups is 1. The van der Waals surface area contributed by atoms with Gasteiger partial charge in [0.2, 0.25) is 0 Å². The highest BCUT2D eigenvalue weighted by atomic mass is 16.2. The van der Waals surface area contributed by atoms with E-state index in [1.54, 1.807) is 0 Å². The standard InChI is InChI=1S/C16H31N3O/c1-14-7-6-12-19(13-14)16(20)18-11-10-17-15-8-4-2-3-5-9-15/h14-15,17H,2-13H2,1H3,(H,18,20). The Hall–Kier alpha value is -0.770. The Balaban J connectivity index is 1.56. The van der Waals surface area contributed by atoms with E-state index >= 15 is 0 Å². The Morgan fingerprint density at radius 3 is 2.50 bits per heavy atom. The zero-order valence-electron chi connectivity index (χ0n) is 13.0. The van der Waals surface area contributed by atoms with E-state index in [0.29, 0.717) is 12.0 Å². The predicted octanol–water partition coefficient (Wildman–Crippen LogP) is 2.74. The number of hydrogen-bond donors (Lipinski definition) is 2. The minimum Gasteiger partial charge on any atom is -0.337 e. The summed E-state index contributed by atoms with van der Waals surface area (Å²) in [6.07, 6.45) is 10.5. The van der Waals surface area contributed by atoms with E-state index in [1.807, 2.05) is 4.90 Å². The molecule has 2 fully saturated rings. The maximum Gasteiger partial charge on any atom is 0.317 e. The quantitative estimate of drug-likeness (QED) is 0.615. The average molecular weight is 281 g/mol. The summed E-state index contributed by atoms with van der Waals surface area (Å²) in [5, 5.41) is 6.65. The smallest absolute Gasteiger partial charge is 0.317 e. The third kappa shape index (κ3) is 5.31. The monoisotopic (exact) mass is 281 g/mol. The molecule has 20 heavy (non-hydrogen) atoms. The molecule has 4 nitrogen and oxygen atoms in total. The highest BCUT2D eigenvalue weighted by Gasteiger charge is 2.20. The molecular weight excluding hydrogens is 250 g/mol. The number of amides is 2. The third-order valence-electron chi connectivity index (χ3n) is 4.63. The molecular formula is C16H31N3O. The summed E-state index contributed by atoms with van der Waals surface area (Å²) in [5.74, 6) is 0.651. The van der Waals surface area contributed by atoms with Gasteiger partial charge in [0.25, 0.3) is 0 Å². The number of likely N-dealkylation sites (tertiary alicyclic amines) is 1. The molecule has 1 atom stereocenters. The van der Waals surface area contributed by atoms with E-state index in [9.17, 15) is 4.79 Å². The Bertz CT molecular complexity index is 287. The Kier molecular flexibility index (Phi) is 6.64.